The Bertz CT molecular complexity index is 382. The van der Waals surface area contributed by atoms with Crippen molar-refractivity contribution >= 4 is 29.1 Å². The quantitative estimate of drug-likeness (QED) is 0.906. The number of rotatable bonds is 4. The first-order valence-electron chi connectivity index (χ1n) is 4.83. The molecule has 0 aliphatic rings. The molecule has 3 nitrogen and oxygen atoms in total. The molecule has 0 fully saturated rings. The van der Waals surface area contributed by atoms with Gasteiger partial charge in [0.2, 0.25) is 5.91 Å². The normalized spacial score (nSPS) is 10.6. The molecule has 2 N–H and O–H groups in total. The van der Waals surface area contributed by atoms with Gasteiger partial charge in [-0.1, -0.05) is 37.0 Å². The van der Waals surface area contributed by atoms with Crippen LogP contribution in [0.1, 0.15) is 24.2 Å². The van der Waals surface area contributed by atoms with Crippen LogP contribution in [-0.2, 0) is 0 Å². The van der Waals surface area contributed by atoms with Crippen molar-refractivity contribution in [2.75, 3.05) is 6.61 Å². The summed E-state index contributed by atoms with van der Waals surface area (Å²) >= 11 is 11.9. The van der Waals surface area contributed by atoms with Crippen LogP contribution in [0.5, 0.6) is 5.75 Å². The van der Waals surface area contributed by atoms with E-state index < -0.39 is 5.91 Å². The van der Waals surface area contributed by atoms with Crippen molar-refractivity contribution < 1.29 is 9.53 Å². The molecule has 88 valence electrons. The maximum absolute atomic E-state index is 10.9. The van der Waals surface area contributed by atoms with Gasteiger partial charge in [0.15, 0.2) is 5.75 Å². The molecule has 1 aromatic carbocycles. The Kier molecular flexibility index (Phi) is 4.44. The van der Waals surface area contributed by atoms with E-state index in [1.807, 2.05) is 13.8 Å². The third-order valence-electron chi connectivity index (χ3n) is 1.84. The molecule has 0 bridgehead atoms. The molecule has 0 atom stereocenters. The largest absolute Gasteiger partial charge is 0.490 e. The molecule has 16 heavy (non-hydrogen) atoms. The lowest BCUT2D eigenvalue weighted by Crippen LogP contribution is -2.11. The first-order valence-corrected chi connectivity index (χ1v) is 5.59. The predicted octanol–water partition coefficient (Wildman–Crippen LogP) is 3.13. The summed E-state index contributed by atoms with van der Waals surface area (Å²) in [4.78, 5) is 10.9. The van der Waals surface area contributed by atoms with E-state index >= 15 is 0 Å². The highest BCUT2D eigenvalue weighted by Crippen LogP contribution is 2.34. The van der Waals surface area contributed by atoms with Crippen molar-refractivity contribution in [2.45, 2.75) is 13.8 Å². The third kappa shape index (κ3) is 3.29. The molecular weight excluding hydrogens is 249 g/mol. The lowest BCUT2D eigenvalue weighted by molar-refractivity contribution is 0.1000. The van der Waals surface area contributed by atoms with Crippen LogP contribution in [0.2, 0.25) is 10.0 Å². The molecule has 0 aliphatic heterocycles. The Balaban J connectivity index is 2.98. The molecule has 0 saturated heterocycles. The predicted molar refractivity (Wildman–Crippen MR) is 65.3 cm³/mol. The summed E-state index contributed by atoms with van der Waals surface area (Å²) in [5.41, 5.74) is 5.40. The van der Waals surface area contributed by atoms with Gasteiger partial charge in [-0.05, 0) is 18.1 Å². The smallest absolute Gasteiger partial charge is 0.248 e. The second kappa shape index (κ2) is 5.41. The SMILES string of the molecule is CC(C)COc1c(Cl)cc(C(N)=O)cc1Cl. The minimum absolute atomic E-state index is 0.270. The third-order valence-corrected chi connectivity index (χ3v) is 2.41. The highest BCUT2D eigenvalue weighted by molar-refractivity contribution is 6.37. The number of ether oxygens (including phenoxy) is 1. The summed E-state index contributed by atoms with van der Waals surface area (Å²) < 4.78 is 5.45. The van der Waals surface area contributed by atoms with Gasteiger partial charge in [0, 0.05) is 5.56 Å². The molecule has 0 aliphatic carbocycles. The average Bonchev–Trinajstić information content (AvgIpc) is 2.15. The first kappa shape index (κ1) is 13.1. The van der Waals surface area contributed by atoms with Crippen molar-refractivity contribution in [3.8, 4) is 5.75 Å². The van der Waals surface area contributed by atoms with Crippen LogP contribution >= 0.6 is 23.2 Å². The van der Waals surface area contributed by atoms with Crippen molar-refractivity contribution in [2.24, 2.45) is 11.7 Å². The highest BCUT2D eigenvalue weighted by atomic mass is 35.5. The van der Waals surface area contributed by atoms with Crippen molar-refractivity contribution in [1.82, 2.24) is 0 Å². The standard InChI is InChI=1S/C11H13Cl2NO2/c1-6(2)5-16-10-8(12)3-7(11(14)15)4-9(10)13/h3-4,6H,5H2,1-2H3,(H2,14,15). The Morgan fingerprint density at radius 3 is 2.25 bits per heavy atom. The molecule has 0 unspecified atom stereocenters. The summed E-state index contributed by atoms with van der Waals surface area (Å²) in [6, 6.07) is 2.90. The van der Waals surface area contributed by atoms with Crippen LogP contribution in [-0.4, -0.2) is 12.5 Å². The number of hydrogen-bond acceptors (Lipinski definition) is 2. The summed E-state index contributed by atoms with van der Waals surface area (Å²) in [6.07, 6.45) is 0. The fourth-order valence-electron chi connectivity index (χ4n) is 1.09. The average molecular weight is 262 g/mol. The first-order chi connectivity index (χ1) is 7.41. The number of carbonyl (C=O) groups excluding carboxylic acids is 1. The van der Waals surface area contributed by atoms with Crippen molar-refractivity contribution in [3.63, 3.8) is 0 Å². The van der Waals surface area contributed by atoms with Gasteiger partial charge in [-0.25, -0.2) is 0 Å². The summed E-state index contributed by atoms with van der Waals surface area (Å²) in [5.74, 6) is 0.184. The molecule has 0 heterocycles. The van der Waals surface area contributed by atoms with E-state index in [1.165, 1.54) is 12.1 Å². The maximum atomic E-state index is 10.9. The Labute approximate surface area is 104 Å². The lowest BCUT2D eigenvalue weighted by Gasteiger charge is -2.12. The summed E-state index contributed by atoms with van der Waals surface area (Å²) in [7, 11) is 0. The Morgan fingerprint density at radius 2 is 1.88 bits per heavy atom. The van der Waals surface area contributed by atoms with Gasteiger partial charge < -0.3 is 10.5 Å². The van der Waals surface area contributed by atoms with E-state index in [0.29, 0.717) is 28.3 Å². The number of carbonyl (C=O) groups is 1. The fourth-order valence-corrected chi connectivity index (χ4v) is 1.69. The molecule has 1 rings (SSSR count). The molecule has 0 spiro atoms. The number of hydrogen-bond donors (Lipinski definition) is 1. The Hall–Kier alpha value is -0.930. The van der Waals surface area contributed by atoms with Gasteiger partial charge >= 0.3 is 0 Å². The Morgan fingerprint density at radius 1 is 1.38 bits per heavy atom. The van der Waals surface area contributed by atoms with E-state index in [-0.39, 0.29) is 5.56 Å². The zero-order valence-corrected chi connectivity index (χ0v) is 10.6. The van der Waals surface area contributed by atoms with Crippen LogP contribution in [0.4, 0.5) is 0 Å². The minimum atomic E-state index is -0.570. The number of benzene rings is 1. The number of halogens is 2. The zero-order valence-electron chi connectivity index (χ0n) is 9.09. The molecule has 0 aromatic heterocycles. The highest BCUT2D eigenvalue weighted by Gasteiger charge is 2.12. The molecule has 1 amide bonds. The number of primary amides is 1. The topological polar surface area (TPSA) is 52.3 Å². The van der Waals surface area contributed by atoms with Crippen LogP contribution in [0, 0.1) is 5.92 Å². The molecular formula is C11H13Cl2NO2. The van der Waals surface area contributed by atoms with Gasteiger partial charge in [0.05, 0.1) is 16.7 Å². The molecule has 0 radical (unpaired) electrons. The molecule has 1 aromatic rings. The number of amides is 1. The van der Waals surface area contributed by atoms with E-state index in [9.17, 15) is 4.79 Å². The lowest BCUT2D eigenvalue weighted by atomic mass is 10.2. The van der Waals surface area contributed by atoms with Gasteiger partial charge in [0.1, 0.15) is 0 Å². The number of nitrogens with two attached hydrogens (primary N) is 1. The summed E-state index contributed by atoms with van der Waals surface area (Å²) in [6.45, 7) is 4.54. The second-order valence-corrected chi connectivity index (χ2v) is 4.65. The zero-order chi connectivity index (χ0) is 12.3. The van der Waals surface area contributed by atoms with Gasteiger partial charge in [-0.3, -0.25) is 4.79 Å². The van der Waals surface area contributed by atoms with Crippen LogP contribution in [0.25, 0.3) is 0 Å². The maximum Gasteiger partial charge on any atom is 0.248 e. The van der Waals surface area contributed by atoms with Crippen molar-refractivity contribution in [3.05, 3.63) is 27.7 Å². The summed E-state index contributed by atoms with van der Waals surface area (Å²) in [5, 5.41) is 0.587. The van der Waals surface area contributed by atoms with Crippen LogP contribution < -0.4 is 10.5 Å². The minimum Gasteiger partial charge on any atom is -0.490 e. The van der Waals surface area contributed by atoms with Crippen LogP contribution in [0.3, 0.4) is 0 Å². The fraction of sp³-hybridized carbons (Fsp3) is 0.364. The monoisotopic (exact) mass is 261 g/mol. The van der Waals surface area contributed by atoms with Gasteiger partial charge in [0.25, 0.3) is 0 Å². The molecule has 5 heteroatoms. The van der Waals surface area contributed by atoms with Gasteiger partial charge in [-0.15, -0.1) is 0 Å². The second-order valence-electron chi connectivity index (χ2n) is 3.84. The van der Waals surface area contributed by atoms with E-state index in [1.54, 1.807) is 0 Å². The van der Waals surface area contributed by atoms with Crippen molar-refractivity contribution in [1.29, 1.82) is 0 Å². The van der Waals surface area contributed by atoms with E-state index in [4.69, 9.17) is 33.7 Å². The van der Waals surface area contributed by atoms with E-state index in [0.717, 1.165) is 0 Å². The van der Waals surface area contributed by atoms with Gasteiger partial charge in [-0.2, -0.15) is 0 Å². The van der Waals surface area contributed by atoms with Crippen LogP contribution in [0.15, 0.2) is 12.1 Å². The van der Waals surface area contributed by atoms with E-state index in [2.05, 4.69) is 0 Å². The molecule has 0 saturated carbocycles.